The molecule has 0 bridgehead atoms. The molecule has 0 saturated carbocycles. The Kier molecular flexibility index (Phi) is 4.29. The van der Waals surface area contributed by atoms with Crippen LogP contribution in [-0.2, 0) is 0 Å². The van der Waals surface area contributed by atoms with Crippen molar-refractivity contribution in [1.29, 1.82) is 0 Å². The lowest BCUT2D eigenvalue weighted by Crippen LogP contribution is -1.98. The molecule has 0 aliphatic heterocycles. The summed E-state index contributed by atoms with van der Waals surface area (Å²) >= 11 is 0. The maximum atomic E-state index is 11.9. The SMILES string of the molecule is FCCC(F)C[SiH3]. The molecule has 0 aliphatic rings. The Bertz CT molecular complexity index is 40.7. The molecule has 7 heavy (non-hydrogen) atoms. The summed E-state index contributed by atoms with van der Waals surface area (Å²) in [5.41, 5.74) is 0. The van der Waals surface area contributed by atoms with E-state index < -0.39 is 12.8 Å². The van der Waals surface area contributed by atoms with Gasteiger partial charge in [-0.1, -0.05) is 0 Å². The van der Waals surface area contributed by atoms with Crippen LogP contribution < -0.4 is 0 Å². The third-order valence-electron chi connectivity index (χ3n) is 0.865. The normalized spacial score (nSPS) is 14.6. The van der Waals surface area contributed by atoms with Gasteiger partial charge in [0, 0.05) is 16.7 Å². The fourth-order valence-electron chi connectivity index (χ4n) is 0.323. The largest absolute Gasteiger partial charge is 0.251 e. The first-order chi connectivity index (χ1) is 3.31. The van der Waals surface area contributed by atoms with Gasteiger partial charge in [0.15, 0.2) is 0 Å². The van der Waals surface area contributed by atoms with Crippen molar-refractivity contribution in [2.45, 2.75) is 18.6 Å². The summed E-state index contributed by atoms with van der Waals surface area (Å²) in [4.78, 5) is 0. The van der Waals surface area contributed by atoms with Crippen LogP contribution in [0.2, 0.25) is 6.04 Å². The van der Waals surface area contributed by atoms with Crippen molar-refractivity contribution in [2.75, 3.05) is 6.67 Å². The maximum Gasteiger partial charge on any atom is 0.0995 e. The fraction of sp³-hybridized carbons (Fsp3) is 1.00. The predicted molar refractivity (Wildman–Crippen MR) is 30.2 cm³/mol. The molecule has 0 spiro atoms. The van der Waals surface area contributed by atoms with Crippen LogP contribution in [0, 0.1) is 0 Å². The van der Waals surface area contributed by atoms with Crippen LogP contribution in [0.4, 0.5) is 8.78 Å². The molecule has 3 heteroatoms. The minimum Gasteiger partial charge on any atom is -0.251 e. The van der Waals surface area contributed by atoms with Gasteiger partial charge in [-0.15, -0.1) is 0 Å². The Labute approximate surface area is 45.3 Å². The van der Waals surface area contributed by atoms with Crippen molar-refractivity contribution in [3.8, 4) is 0 Å². The topological polar surface area (TPSA) is 0 Å². The molecule has 0 saturated heterocycles. The molecule has 0 N–H and O–H groups in total. The lowest BCUT2D eigenvalue weighted by atomic mass is 10.3. The van der Waals surface area contributed by atoms with Crippen LogP contribution in [0.3, 0.4) is 0 Å². The lowest BCUT2D eigenvalue weighted by Gasteiger charge is -1.96. The average Bonchev–Trinajstić information content (AvgIpc) is 1.68. The van der Waals surface area contributed by atoms with E-state index in [9.17, 15) is 8.78 Å². The Hall–Kier alpha value is 0.0769. The van der Waals surface area contributed by atoms with Crippen LogP contribution in [0.15, 0.2) is 0 Å². The van der Waals surface area contributed by atoms with E-state index >= 15 is 0 Å². The third-order valence-corrected chi connectivity index (χ3v) is 1.75. The Morgan fingerprint density at radius 1 is 1.57 bits per heavy atom. The molecular formula is C4H10F2Si. The third kappa shape index (κ3) is 3.92. The first-order valence-electron chi connectivity index (χ1n) is 2.51. The van der Waals surface area contributed by atoms with E-state index in [4.69, 9.17) is 0 Å². The summed E-state index contributed by atoms with van der Waals surface area (Å²) < 4.78 is 23.1. The first kappa shape index (κ1) is 7.08. The minimum atomic E-state index is -0.864. The van der Waals surface area contributed by atoms with Gasteiger partial charge >= 0.3 is 0 Å². The Morgan fingerprint density at radius 2 is 2.14 bits per heavy atom. The summed E-state index contributed by atoms with van der Waals surface area (Å²) in [6, 6.07) is 0.573. The highest BCUT2D eigenvalue weighted by Gasteiger charge is 1.99. The first-order valence-corrected chi connectivity index (χ1v) is 3.92. The lowest BCUT2D eigenvalue weighted by molar-refractivity contribution is 0.305. The zero-order valence-corrected chi connectivity index (χ0v) is 6.45. The van der Waals surface area contributed by atoms with Gasteiger partial charge in [-0.25, -0.2) is 4.39 Å². The molecule has 0 radical (unpaired) electrons. The molecule has 0 fully saturated rings. The van der Waals surface area contributed by atoms with Crippen LogP contribution in [-0.4, -0.2) is 23.1 Å². The summed E-state index contributed by atoms with van der Waals surface area (Å²) in [6.45, 7) is -0.511. The molecule has 0 aliphatic carbocycles. The highest BCUT2D eigenvalue weighted by atomic mass is 28.1. The average molecular weight is 124 g/mol. The summed E-state index contributed by atoms with van der Waals surface area (Å²) in [5, 5.41) is 0. The van der Waals surface area contributed by atoms with Crippen molar-refractivity contribution in [1.82, 2.24) is 0 Å². The molecule has 0 amide bonds. The second-order valence-electron chi connectivity index (χ2n) is 1.48. The maximum absolute atomic E-state index is 11.9. The minimum absolute atomic E-state index is 0.101. The number of hydrogen-bond acceptors (Lipinski definition) is 0. The summed E-state index contributed by atoms with van der Waals surface area (Å²) in [6.07, 6.45) is -0.764. The van der Waals surface area contributed by atoms with Gasteiger partial charge in [-0.3, -0.25) is 4.39 Å². The van der Waals surface area contributed by atoms with Crippen LogP contribution in [0.1, 0.15) is 6.42 Å². The molecule has 0 aromatic rings. The van der Waals surface area contributed by atoms with Crippen molar-refractivity contribution in [3.05, 3.63) is 0 Å². The molecule has 1 atom stereocenters. The van der Waals surface area contributed by atoms with Crippen molar-refractivity contribution in [3.63, 3.8) is 0 Å². The number of hydrogen-bond donors (Lipinski definition) is 0. The standard InChI is InChI=1S/C4H10F2Si/c5-2-1-4(6)3-7/h4H,1-3H2,7H3. The van der Waals surface area contributed by atoms with Gasteiger partial charge in [0.25, 0.3) is 0 Å². The van der Waals surface area contributed by atoms with Crippen molar-refractivity contribution >= 4 is 10.2 Å². The molecule has 1 unspecified atom stereocenters. The molecular weight excluding hydrogens is 114 g/mol. The number of rotatable bonds is 3. The van der Waals surface area contributed by atoms with Crippen LogP contribution in [0.25, 0.3) is 0 Å². The van der Waals surface area contributed by atoms with E-state index in [1.807, 2.05) is 0 Å². The summed E-state index contributed by atoms with van der Waals surface area (Å²) in [5.74, 6) is 0. The second kappa shape index (κ2) is 4.24. The summed E-state index contributed by atoms with van der Waals surface area (Å²) in [7, 11) is 0.845. The van der Waals surface area contributed by atoms with Crippen LogP contribution in [0.5, 0.6) is 0 Å². The van der Waals surface area contributed by atoms with Gasteiger partial charge in [0.2, 0.25) is 0 Å². The Balaban J connectivity index is 2.83. The van der Waals surface area contributed by atoms with Crippen molar-refractivity contribution in [2.24, 2.45) is 0 Å². The molecule has 0 nitrogen and oxygen atoms in total. The Morgan fingerprint density at radius 3 is 2.29 bits per heavy atom. The van der Waals surface area contributed by atoms with Crippen LogP contribution >= 0.6 is 0 Å². The van der Waals surface area contributed by atoms with Gasteiger partial charge in [-0.2, -0.15) is 0 Å². The number of alkyl halides is 2. The van der Waals surface area contributed by atoms with E-state index in [2.05, 4.69) is 0 Å². The molecule has 0 aromatic heterocycles. The molecule has 0 aromatic carbocycles. The predicted octanol–water partition coefficient (Wildman–Crippen LogP) is 0.468. The van der Waals surface area contributed by atoms with E-state index in [-0.39, 0.29) is 6.42 Å². The van der Waals surface area contributed by atoms with E-state index in [0.717, 1.165) is 10.2 Å². The zero-order valence-electron chi connectivity index (χ0n) is 4.45. The van der Waals surface area contributed by atoms with E-state index in [1.54, 1.807) is 0 Å². The van der Waals surface area contributed by atoms with E-state index in [0.29, 0.717) is 6.04 Å². The second-order valence-corrected chi connectivity index (χ2v) is 2.30. The highest BCUT2D eigenvalue weighted by molar-refractivity contribution is 6.08. The van der Waals surface area contributed by atoms with Crippen molar-refractivity contribution < 1.29 is 8.78 Å². The molecule has 0 heterocycles. The molecule has 44 valence electrons. The smallest absolute Gasteiger partial charge is 0.0995 e. The quantitative estimate of drug-likeness (QED) is 0.480. The van der Waals surface area contributed by atoms with Gasteiger partial charge in [0.05, 0.1) is 12.8 Å². The number of halogens is 2. The zero-order chi connectivity index (χ0) is 5.70. The molecule has 0 rings (SSSR count). The van der Waals surface area contributed by atoms with E-state index in [1.165, 1.54) is 0 Å². The van der Waals surface area contributed by atoms with Gasteiger partial charge in [0.1, 0.15) is 0 Å². The van der Waals surface area contributed by atoms with Gasteiger partial charge in [-0.05, 0) is 6.04 Å². The highest BCUT2D eigenvalue weighted by Crippen LogP contribution is 2.00. The fourth-order valence-corrected chi connectivity index (χ4v) is 0.731. The monoisotopic (exact) mass is 124 g/mol. The van der Waals surface area contributed by atoms with Gasteiger partial charge < -0.3 is 0 Å².